The lowest BCUT2D eigenvalue weighted by molar-refractivity contribution is -0.126. The molecule has 3 heterocycles. The first kappa shape index (κ1) is 20.6. The summed E-state index contributed by atoms with van der Waals surface area (Å²) in [6.07, 6.45) is 5.62. The molecular formula is C24H20ClFN4O2. The Bertz CT molecular complexity index is 1300. The number of hydrogen-bond acceptors (Lipinski definition) is 5. The molecule has 4 aromatic rings. The predicted molar refractivity (Wildman–Crippen MR) is 119 cm³/mol. The third-order valence-electron chi connectivity index (χ3n) is 6.24. The minimum Gasteiger partial charge on any atom is -0.440 e. The van der Waals surface area contributed by atoms with Gasteiger partial charge in [0.1, 0.15) is 11.3 Å². The van der Waals surface area contributed by atoms with Gasteiger partial charge in [-0.25, -0.2) is 19.3 Å². The maximum atomic E-state index is 13.5. The zero-order valence-corrected chi connectivity index (χ0v) is 18.1. The van der Waals surface area contributed by atoms with Crippen molar-refractivity contribution in [2.75, 3.05) is 6.54 Å². The molecule has 162 valence electrons. The van der Waals surface area contributed by atoms with Crippen LogP contribution in [0.15, 0.2) is 59.3 Å². The number of oxazole rings is 1. The lowest BCUT2D eigenvalue weighted by atomic mass is 9.77. The Kier molecular flexibility index (Phi) is 5.13. The average molecular weight is 451 g/mol. The van der Waals surface area contributed by atoms with Gasteiger partial charge in [-0.15, -0.1) is 0 Å². The number of halogens is 2. The molecule has 0 bridgehead atoms. The van der Waals surface area contributed by atoms with Crippen LogP contribution >= 0.6 is 11.6 Å². The number of carbonyl (C=O) groups excluding carboxylic acids is 1. The number of nitrogens with zero attached hydrogens (tertiary/aromatic N) is 4. The van der Waals surface area contributed by atoms with Gasteiger partial charge in [-0.2, -0.15) is 0 Å². The maximum Gasteiger partial charge on any atom is 0.210 e. The smallest absolute Gasteiger partial charge is 0.210 e. The largest absolute Gasteiger partial charge is 0.440 e. The van der Waals surface area contributed by atoms with E-state index in [0.29, 0.717) is 40.8 Å². The highest BCUT2D eigenvalue weighted by Gasteiger charge is 2.42. The van der Waals surface area contributed by atoms with Crippen molar-refractivity contribution in [1.82, 2.24) is 19.9 Å². The second kappa shape index (κ2) is 7.98. The van der Waals surface area contributed by atoms with Crippen LogP contribution in [0, 0.1) is 5.82 Å². The molecule has 32 heavy (non-hydrogen) atoms. The van der Waals surface area contributed by atoms with Crippen molar-refractivity contribution < 1.29 is 13.6 Å². The van der Waals surface area contributed by atoms with Crippen LogP contribution in [0.25, 0.3) is 22.5 Å². The lowest BCUT2D eigenvalue weighted by Crippen LogP contribution is -2.49. The van der Waals surface area contributed by atoms with Crippen LogP contribution < -0.4 is 0 Å². The fourth-order valence-corrected chi connectivity index (χ4v) is 4.64. The zero-order chi connectivity index (χ0) is 22.3. The Morgan fingerprint density at radius 3 is 2.81 bits per heavy atom. The first-order chi connectivity index (χ1) is 15.5. The summed E-state index contributed by atoms with van der Waals surface area (Å²) in [6, 6.07) is 11.6. The quantitative estimate of drug-likeness (QED) is 0.393. The van der Waals surface area contributed by atoms with E-state index in [-0.39, 0.29) is 11.7 Å². The van der Waals surface area contributed by atoms with Crippen LogP contribution in [0.3, 0.4) is 0 Å². The number of benzene rings is 2. The van der Waals surface area contributed by atoms with Gasteiger partial charge in [-0.05, 0) is 61.7 Å². The van der Waals surface area contributed by atoms with Gasteiger partial charge in [-0.1, -0.05) is 11.6 Å². The van der Waals surface area contributed by atoms with Gasteiger partial charge in [0, 0.05) is 35.6 Å². The van der Waals surface area contributed by atoms with E-state index < -0.39 is 5.54 Å². The van der Waals surface area contributed by atoms with Crippen molar-refractivity contribution >= 4 is 29.1 Å². The summed E-state index contributed by atoms with van der Waals surface area (Å²) < 4.78 is 19.4. The summed E-state index contributed by atoms with van der Waals surface area (Å²) >= 11 is 6.36. The van der Waals surface area contributed by atoms with Crippen LogP contribution in [0.1, 0.15) is 37.1 Å². The Morgan fingerprint density at radius 2 is 2.03 bits per heavy atom. The van der Waals surface area contributed by atoms with Crippen LogP contribution in [0.5, 0.6) is 0 Å². The van der Waals surface area contributed by atoms with E-state index >= 15 is 0 Å². The number of likely N-dealkylation sites (tertiary alicyclic amines) is 1. The number of rotatable bonds is 4. The van der Waals surface area contributed by atoms with E-state index in [1.54, 1.807) is 35.5 Å². The minimum atomic E-state index is -0.615. The predicted octanol–water partition coefficient (Wildman–Crippen LogP) is 5.33. The second-order valence-corrected chi connectivity index (χ2v) is 8.63. The van der Waals surface area contributed by atoms with Crippen LogP contribution in [0.2, 0.25) is 5.02 Å². The van der Waals surface area contributed by atoms with Gasteiger partial charge in [-0.3, -0.25) is 4.79 Å². The third-order valence-corrected chi connectivity index (χ3v) is 6.48. The molecule has 0 aliphatic carbocycles. The average Bonchev–Trinajstić information content (AvgIpc) is 3.23. The van der Waals surface area contributed by atoms with E-state index in [1.165, 1.54) is 12.1 Å². The fraction of sp³-hybridized carbons (Fsp3) is 0.250. The van der Waals surface area contributed by atoms with E-state index in [1.807, 2.05) is 19.1 Å². The highest BCUT2D eigenvalue weighted by atomic mass is 35.5. The molecule has 1 fully saturated rings. The Hall–Kier alpha value is -3.32. The van der Waals surface area contributed by atoms with Gasteiger partial charge in [0.15, 0.2) is 17.3 Å². The van der Waals surface area contributed by atoms with E-state index in [4.69, 9.17) is 16.0 Å². The van der Waals surface area contributed by atoms with Crippen LogP contribution in [-0.2, 0) is 10.3 Å². The van der Waals surface area contributed by atoms with Gasteiger partial charge in [0.2, 0.25) is 6.41 Å². The van der Waals surface area contributed by atoms with E-state index in [9.17, 15) is 9.18 Å². The Balaban J connectivity index is 1.51. The molecular weight excluding hydrogens is 431 g/mol. The second-order valence-electron chi connectivity index (χ2n) is 8.19. The zero-order valence-electron chi connectivity index (χ0n) is 17.3. The third kappa shape index (κ3) is 3.52. The molecule has 2 atom stereocenters. The Labute approximate surface area is 189 Å². The molecule has 5 rings (SSSR count). The van der Waals surface area contributed by atoms with Gasteiger partial charge in [0.05, 0.1) is 11.5 Å². The molecule has 1 amide bonds. The molecule has 0 N–H and O–H groups in total. The van der Waals surface area contributed by atoms with Crippen molar-refractivity contribution in [3.05, 3.63) is 77.2 Å². The van der Waals surface area contributed by atoms with Crippen molar-refractivity contribution in [3.8, 4) is 11.4 Å². The van der Waals surface area contributed by atoms with Crippen molar-refractivity contribution in [3.63, 3.8) is 0 Å². The van der Waals surface area contributed by atoms with Crippen molar-refractivity contribution in [1.29, 1.82) is 0 Å². The maximum absolute atomic E-state index is 13.5. The first-order valence-corrected chi connectivity index (χ1v) is 10.7. The van der Waals surface area contributed by atoms with Gasteiger partial charge in [0.25, 0.3) is 0 Å². The first-order valence-electron chi connectivity index (χ1n) is 10.3. The standard InChI is InChI=1S/C24H20ClFN4O2/c1-24(19-11-16(25)3-5-18(19)22-27-9-2-10-28-22)8-7-15(13-30(24)14-31)23-29-20-6-4-17(26)12-21(20)32-23/h2-6,9-12,14-15H,7-8,13H2,1H3/t15-,24-/m1/s1. The summed E-state index contributed by atoms with van der Waals surface area (Å²) in [7, 11) is 0. The molecule has 1 saturated heterocycles. The number of hydrogen-bond donors (Lipinski definition) is 0. The molecule has 0 spiro atoms. The molecule has 0 unspecified atom stereocenters. The van der Waals surface area contributed by atoms with E-state index in [2.05, 4.69) is 15.0 Å². The van der Waals surface area contributed by atoms with Crippen LogP contribution in [0.4, 0.5) is 4.39 Å². The molecule has 2 aromatic carbocycles. The summed E-state index contributed by atoms with van der Waals surface area (Å²) in [5.74, 6) is 0.619. The minimum absolute atomic E-state index is 0.0978. The normalized spacial score (nSPS) is 21.1. The number of piperidine rings is 1. The summed E-state index contributed by atoms with van der Waals surface area (Å²) in [5.41, 5.74) is 2.12. The number of aromatic nitrogens is 3. The van der Waals surface area contributed by atoms with E-state index in [0.717, 1.165) is 24.0 Å². The molecule has 8 heteroatoms. The lowest BCUT2D eigenvalue weighted by Gasteiger charge is -2.46. The van der Waals surface area contributed by atoms with Gasteiger partial charge < -0.3 is 9.32 Å². The highest BCUT2D eigenvalue weighted by molar-refractivity contribution is 6.30. The monoisotopic (exact) mass is 450 g/mol. The topological polar surface area (TPSA) is 72.1 Å². The number of fused-ring (bicyclic) bond motifs is 1. The van der Waals surface area contributed by atoms with Crippen molar-refractivity contribution in [2.45, 2.75) is 31.2 Å². The highest BCUT2D eigenvalue weighted by Crippen LogP contribution is 2.45. The molecule has 1 aliphatic rings. The summed E-state index contributed by atoms with van der Waals surface area (Å²) in [4.78, 5) is 27.3. The summed E-state index contributed by atoms with van der Waals surface area (Å²) in [6.45, 7) is 2.44. The fourth-order valence-electron chi connectivity index (χ4n) is 4.47. The Morgan fingerprint density at radius 1 is 1.22 bits per heavy atom. The van der Waals surface area contributed by atoms with Crippen molar-refractivity contribution in [2.24, 2.45) is 0 Å². The molecule has 1 aliphatic heterocycles. The molecule has 0 saturated carbocycles. The van der Waals surface area contributed by atoms with Crippen LogP contribution in [-0.4, -0.2) is 32.8 Å². The number of carbonyl (C=O) groups is 1. The number of amides is 1. The molecule has 0 radical (unpaired) electrons. The molecule has 6 nitrogen and oxygen atoms in total. The molecule has 2 aromatic heterocycles. The summed E-state index contributed by atoms with van der Waals surface area (Å²) in [5, 5.41) is 0.579. The van der Waals surface area contributed by atoms with Gasteiger partial charge >= 0.3 is 0 Å². The SMILES string of the molecule is C[C@]1(c2cc(Cl)ccc2-c2ncccn2)CC[C@@H](c2nc3ccc(F)cc3o2)CN1C=O.